The van der Waals surface area contributed by atoms with E-state index in [1.54, 1.807) is 6.08 Å². The summed E-state index contributed by atoms with van der Waals surface area (Å²) in [5, 5.41) is 0. The van der Waals surface area contributed by atoms with Gasteiger partial charge in [0.1, 0.15) is 0 Å². The molecule has 1 heteroatoms. The fraction of sp³-hybridized carbons (Fsp3) is 0.688. The van der Waals surface area contributed by atoms with Crippen molar-refractivity contribution in [1.29, 1.82) is 0 Å². The summed E-state index contributed by atoms with van der Waals surface area (Å²) >= 11 is 0. The maximum absolute atomic E-state index is 11.2. The molecule has 0 saturated carbocycles. The molecule has 0 N–H and O–H groups in total. The lowest BCUT2D eigenvalue weighted by molar-refractivity contribution is -0.114. The predicted molar refractivity (Wildman–Crippen MR) is 76.0 cm³/mol. The lowest BCUT2D eigenvalue weighted by Gasteiger charge is -2.10. The van der Waals surface area contributed by atoms with Crippen molar-refractivity contribution in [1.82, 2.24) is 0 Å². The van der Waals surface area contributed by atoms with Gasteiger partial charge >= 0.3 is 0 Å². The molecule has 0 aromatic rings. The molecule has 0 aliphatic rings. The zero-order valence-electron chi connectivity index (χ0n) is 12.1. The Kier molecular flexibility index (Phi) is 8.75. The highest BCUT2D eigenvalue weighted by Crippen LogP contribution is 2.15. The van der Waals surface area contributed by atoms with E-state index >= 15 is 0 Å². The van der Waals surface area contributed by atoms with E-state index in [2.05, 4.69) is 32.9 Å². The Morgan fingerprint density at radius 1 is 1.18 bits per heavy atom. The van der Waals surface area contributed by atoms with E-state index in [0.29, 0.717) is 6.42 Å². The molecule has 0 aromatic carbocycles. The van der Waals surface area contributed by atoms with Crippen LogP contribution in [0.1, 0.15) is 60.3 Å². The average Bonchev–Trinajstić information content (AvgIpc) is 2.26. The van der Waals surface area contributed by atoms with Crippen LogP contribution < -0.4 is 0 Å². The van der Waals surface area contributed by atoms with Crippen LogP contribution in [0, 0.1) is 11.8 Å². The highest BCUT2D eigenvalue weighted by molar-refractivity contribution is 5.90. The summed E-state index contributed by atoms with van der Waals surface area (Å²) in [6, 6.07) is 0. The third kappa shape index (κ3) is 10.0. The molecule has 98 valence electrons. The Balaban J connectivity index is 3.93. The van der Waals surface area contributed by atoms with Crippen LogP contribution in [0.2, 0.25) is 0 Å². The normalized spacial score (nSPS) is 14.6. The van der Waals surface area contributed by atoms with Crippen molar-refractivity contribution >= 4 is 5.78 Å². The molecule has 0 bridgehead atoms. The molecule has 1 atom stereocenters. The van der Waals surface area contributed by atoms with Gasteiger partial charge in [-0.1, -0.05) is 52.7 Å². The standard InChI is InChI=1S/C16H28O/c1-6-16(17)12-15(5)9-7-8-14(4)11-10-13(2)3/h7,9,12-14H,6,8,10-11H2,1-5H3/b9-7+,15-12+. The molecular formula is C16H28O. The first-order valence-corrected chi connectivity index (χ1v) is 6.83. The van der Waals surface area contributed by atoms with Gasteiger partial charge in [-0.3, -0.25) is 4.79 Å². The van der Waals surface area contributed by atoms with Crippen LogP contribution in [0.3, 0.4) is 0 Å². The molecular weight excluding hydrogens is 208 g/mol. The third-order valence-electron chi connectivity index (χ3n) is 2.89. The van der Waals surface area contributed by atoms with E-state index in [9.17, 15) is 4.79 Å². The fourth-order valence-corrected chi connectivity index (χ4v) is 1.63. The quantitative estimate of drug-likeness (QED) is 0.431. The summed E-state index contributed by atoms with van der Waals surface area (Å²) in [7, 11) is 0. The monoisotopic (exact) mass is 236 g/mol. The number of hydrogen-bond acceptors (Lipinski definition) is 1. The minimum absolute atomic E-state index is 0.208. The number of ketones is 1. The molecule has 0 rings (SSSR count). The third-order valence-corrected chi connectivity index (χ3v) is 2.89. The van der Waals surface area contributed by atoms with Gasteiger partial charge < -0.3 is 0 Å². The van der Waals surface area contributed by atoms with E-state index in [1.807, 2.05) is 13.8 Å². The Hall–Kier alpha value is -0.850. The van der Waals surface area contributed by atoms with Gasteiger partial charge in [-0.15, -0.1) is 0 Å². The highest BCUT2D eigenvalue weighted by atomic mass is 16.1. The van der Waals surface area contributed by atoms with Crippen molar-refractivity contribution in [2.45, 2.75) is 60.3 Å². The number of hydrogen-bond donors (Lipinski definition) is 0. The van der Waals surface area contributed by atoms with Gasteiger partial charge in [0.15, 0.2) is 5.78 Å². The molecule has 0 heterocycles. The van der Waals surface area contributed by atoms with Gasteiger partial charge in [0.2, 0.25) is 0 Å². The second kappa shape index (κ2) is 9.21. The Morgan fingerprint density at radius 2 is 1.82 bits per heavy atom. The molecule has 1 unspecified atom stereocenters. The number of carbonyl (C=O) groups is 1. The van der Waals surface area contributed by atoms with Crippen LogP contribution in [-0.4, -0.2) is 5.78 Å². The van der Waals surface area contributed by atoms with Crippen molar-refractivity contribution in [3.05, 3.63) is 23.8 Å². The smallest absolute Gasteiger partial charge is 0.155 e. The first kappa shape index (κ1) is 16.1. The van der Waals surface area contributed by atoms with E-state index in [-0.39, 0.29) is 5.78 Å². The first-order chi connectivity index (χ1) is 7.95. The molecule has 0 fully saturated rings. The summed E-state index contributed by atoms with van der Waals surface area (Å²) in [6.45, 7) is 10.7. The average molecular weight is 236 g/mol. The van der Waals surface area contributed by atoms with Gasteiger partial charge in [0.25, 0.3) is 0 Å². The molecule has 0 aromatic heterocycles. The molecule has 0 radical (unpaired) electrons. The van der Waals surface area contributed by atoms with Gasteiger partial charge in [-0.05, 0) is 36.8 Å². The molecule has 0 saturated heterocycles. The molecule has 0 aliphatic heterocycles. The zero-order valence-corrected chi connectivity index (χ0v) is 12.1. The van der Waals surface area contributed by atoms with Crippen LogP contribution in [0.25, 0.3) is 0 Å². The summed E-state index contributed by atoms with van der Waals surface area (Å²) in [5.74, 6) is 1.74. The summed E-state index contributed by atoms with van der Waals surface area (Å²) < 4.78 is 0. The number of rotatable bonds is 8. The van der Waals surface area contributed by atoms with Gasteiger partial charge in [-0.2, -0.15) is 0 Å². The van der Waals surface area contributed by atoms with Crippen LogP contribution in [0.4, 0.5) is 0 Å². The summed E-state index contributed by atoms with van der Waals surface area (Å²) in [5.41, 5.74) is 1.06. The van der Waals surface area contributed by atoms with Crippen molar-refractivity contribution < 1.29 is 4.79 Å². The number of carbonyl (C=O) groups excluding carboxylic acids is 1. The van der Waals surface area contributed by atoms with E-state index in [1.165, 1.54) is 12.8 Å². The lowest BCUT2D eigenvalue weighted by atomic mass is 9.96. The molecule has 0 spiro atoms. The summed E-state index contributed by atoms with van der Waals surface area (Å²) in [4.78, 5) is 11.2. The Bertz CT molecular complexity index is 271. The molecule has 0 aliphatic carbocycles. The summed E-state index contributed by atoms with van der Waals surface area (Å²) in [6.07, 6.45) is 10.3. The maximum Gasteiger partial charge on any atom is 0.155 e. The minimum Gasteiger partial charge on any atom is -0.295 e. The van der Waals surface area contributed by atoms with Crippen molar-refractivity contribution in [2.24, 2.45) is 11.8 Å². The van der Waals surface area contributed by atoms with Crippen LogP contribution in [-0.2, 0) is 4.79 Å². The van der Waals surface area contributed by atoms with Crippen LogP contribution >= 0.6 is 0 Å². The second-order valence-electron chi connectivity index (χ2n) is 5.42. The van der Waals surface area contributed by atoms with Crippen molar-refractivity contribution in [2.75, 3.05) is 0 Å². The largest absolute Gasteiger partial charge is 0.295 e. The highest BCUT2D eigenvalue weighted by Gasteiger charge is 2.01. The van der Waals surface area contributed by atoms with Gasteiger partial charge in [-0.25, -0.2) is 0 Å². The lowest BCUT2D eigenvalue weighted by Crippen LogP contribution is -1.96. The second-order valence-corrected chi connectivity index (χ2v) is 5.42. The fourth-order valence-electron chi connectivity index (χ4n) is 1.63. The van der Waals surface area contributed by atoms with Crippen molar-refractivity contribution in [3.63, 3.8) is 0 Å². The maximum atomic E-state index is 11.2. The van der Waals surface area contributed by atoms with E-state index < -0.39 is 0 Å². The predicted octanol–water partition coefficient (Wildman–Crippen LogP) is 4.93. The van der Waals surface area contributed by atoms with Crippen molar-refractivity contribution in [3.8, 4) is 0 Å². The first-order valence-electron chi connectivity index (χ1n) is 6.83. The van der Waals surface area contributed by atoms with E-state index in [0.717, 1.165) is 23.8 Å². The van der Waals surface area contributed by atoms with Gasteiger partial charge in [0, 0.05) is 6.42 Å². The van der Waals surface area contributed by atoms with Crippen LogP contribution in [0.15, 0.2) is 23.8 Å². The van der Waals surface area contributed by atoms with E-state index in [4.69, 9.17) is 0 Å². The zero-order chi connectivity index (χ0) is 13.3. The Labute approximate surface area is 107 Å². The topological polar surface area (TPSA) is 17.1 Å². The minimum atomic E-state index is 0.208. The molecule has 17 heavy (non-hydrogen) atoms. The van der Waals surface area contributed by atoms with Crippen LogP contribution in [0.5, 0.6) is 0 Å². The SMILES string of the molecule is CCC(=O)/C=C(C)/C=C/CC(C)CCC(C)C. The molecule has 0 amide bonds. The van der Waals surface area contributed by atoms with Gasteiger partial charge in [0.05, 0.1) is 0 Å². The number of allylic oxidation sites excluding steroid dienone is 4. The molecule has 1 nitrogen and oxygen atoms in total. The Morgan fingerprint density at radius 3 is 2.35 bits per heavy atom.